The third-order valence-electron chi connectivity index (χ3n) is 2.48. The van der Waals surface area contributed by atoms with Gasteiger partial charge < -0.3 is 15.2 Å². The number of benzene rings is 1. The molecule has 5 heteroatoms. The van der Waals surface area contributed by atoms with Gasteiger partial charge in [0.25, 0.3) is 5.91 Å². The molecule has 5 nitrogen and oxygen atoms in total. The van der Waals surface area contributed by atoms with E-state index in [0.29, 0.717) is 17.9 Å². The summed E-state index contributed by atoms with van der Waals surface area (Å²) in [5.74, 6) is -0.362. The lowest BCUT2D eigenvalue weighted by Crippen LogP contribution is -2.12. The van der Waals surface area contributed by atoms with E-state index in [0.717, 1.165) is 5.56 Å². The fourth-order valence-corrected chi connectivity index (χ4v) is 1.66. The highest BCUT2D eigenvalue weighted by Crippen LogP contribution is 2.14. The average molecular weight is 258 g/mol. The minimum atomic E-state index is -0.321. The first-order chi connectivity index (χ1) is 9.19. The SMILES string of the molecule is COCc1cccc(NC(=O)c2cncc(O)c2)c1. The van der Waals surface area contributed by atoms with E-state index < -0.39 is 0 Å². The smallest absolute Gasteiger partial charge is 0.257 e. The van der Waals surface area contributed by atoms with E-state index in [4.69, 9.17) is 4.74 Å². The molecule has 98 valence electrons. The van der Waals surface area contributed by atoms with Crippen molar-refractivity contribution in [3.63, 3.8) is 0 Å². The van der Waals surface area contributed by atoms with Crippen molar-refractivity contribution in [1.29, 1.82) is 0 Å². The van der Waals surface area contributed by atoms with Crippen LogP contribution in [-0.2, 0) is 11.3 Å². The molecule has 0 spiro atoms. The second-order valence-electron chi connectivity index (χ2n) is 4.02. The molecular formula is C14H14N2O3. The second-order valence-corrected chi connectivity index (χ2v) is 4.02. The number of pyridine rings is 1. The standard InChI is InChI=1S/C14H14N2O3/c1-19-9-10-3-2-4-12(5-10)16-14(18)11-6-13(17)8-15-7-11/h2-8,17H,9H2,1H3,(H,16,18). The number of nitrogens with zero attached hydrogens (tertiary/aromatic N) is 1. The molecule has 0 bridgehead atoms. The Morgan fingerprint density at radius 1 is 1.37 bits per heavy atom. The molecule has 0 saturated carbocycles. The summed E-state index contributed by atoms with van der Waals surface area (Å²) in [6.45, 7) is 0.484. The predicted octanol–water partition coefficient (Wildman–Crippen LogP) is 2.19. The first-order valence-electron chi connectivity index (χ1n) is 5.72. The van der Waals surface area contributed by atoms with E-state index in [1.807, 2.05) is 18.2 Å². The molecule has 2 aromatic rings. The number of anilines is 1. The van der Waals surface area contributed by atoms with Crippen LogP contribution in [-0.4, -0.2) is 23.1 Å². The van der Waals surface area contributed by atoms with Gasteiger partial charge in [0, 0.05) is 19.0 Å². The molecule has 0 unspecified atom stereocenters. The molecule has 0 aliphatic heterocycles. The lowest BCUT2D eigenvalue weighted by atomic mass is 10.2. The lowest BCUT2D eigenvalue weighted by Gasteiger charge is -2.07. The Morgan fingerprint density at radius 3 is 2.95 bits per heavy atom. The van der Waals surface area contributed by atoms with Crippen LogP contribution in [0.3, 0.4) is 0 Å². The van der Waals surface area contributed by atoms with Gasteiger partial charge in [0.2, 0.25) is 0 Å². The van der Waals surface area contributed by atoms with Crippen LogP contribution in [0.5, 0.6) is 5.75 Å². The number of hydrogen-bond donors (Lipinski definition) is 2. The van der Waals surface area contributed by atoms with Crippen LogP contribution in [0.4, 0.5) is 5.69 Å². The number of rotatable bonds is 4. The maximum Gasteiger partial charge on any atom is 0.257 e. The van der Waals surface area contributed by atoms with Gasteiger partial charge in [0.15, 0.2) is 0 Å². The Labute approximate surface area is 110 Å². The van der Waals surface area contributed by atoms with E-state index in [2.05, 4.69) is 10.3 Å². The summed E-state index contributed by atoms with van der Waals surface area (Å²) in [6.07, 6.45) is 2.67. The zero-order valence-corrected chi connectivity index (χ0v) is 10.5. The van der Waals surface area contributed by atoms with Gasteiger partial charge in [-0.25, -0.2) is 0 Å². The lowest BCUT2D eigenvalue weighted by molar-refractivity contribution is 0.102. The number of methoxy groups -OCH3 is 1. The van der Waals surface area contributed by atoms with E-state index in [-0.39, 0.29) is 11.7 Å². The Bertz CT molecular complexity index is 584. The summed E-state index contributed by atoms with van der Waals surface area (Å²) >= 11 is 0. The average Bonchev–Trinajstić information content (AvgIpc) is 2.39. The number of aromatic nitrogens is 1. The molecule has 0 fully saturated rings. The van der Waals surface area contributed by atoms with Crippen molar-refractivity contribution in [2.45, 2.75) is 6.61 Å². The molecule has 0 radical (unpaired) electrons. The highest BCUT2D eigenvalue weighted by molar-refractivity contribution is 6.04. The Kier molecular flexibility index (Phi) is 4.10. The summed E-state index contributed by atoms with van der Waals surface area (Å²) in [5, 5.41) is 12.0. The summed E-state index contributed by atoms with van der Waals surface area (Å²) in [6, 6.07) is 8.73. The molecule has 2 N–H and O–H groups in total. The van der Waals surface area contributed by atoms with Crippen molar-refractivity contribution < 1.29 is 14.6 Å². The van der Waals surface area contributed by atoms with Crippen molar-refractivity contribution in [2.75, 3.05) is 12.4 Å². The van der Waals surface area contributed by atoms with E-state index >= 15 is 0 Å². The van der Waals surface area contributed by atoms with Crippen LogP contribution in [0, 0.1) is 0 Å². The predicted molar refractivity (Wildman–Crippen MR) is 71.0 cm³/mol. The number of hydrogen-bond acceptors (Lipinski definition) is 4. The van der Waals surface area contributed by atoms with Gasteiger partial charge in [0.05, 0.1) is 18.4 Å². The Balaban J connectivity index is 2.12. The van der Waals surface area contributed by atoms with Crippen LogP contribution in [0.15, 0.2) is 42.7 Å². The molecule has 2 rings (SSSR count). The monoisotopic (exact) mass is 258 g/mol. The quantitative estimate of drug-likeness (QED) is 0.881. The van der Waals surface area contributed by atoms with E-state index in [1.54, 1.807) is 13.2 Å². The van der Waals surface area contributed by atoms with Crippen LogP contribution in [0.2, 0.25) is 0 Å². The molecule has 0 aliphatic rings. The van der Waals surface area contributed by atoms with E-state index in [1.165, 1.54) is 18.5 Å². The molecule has 1 aromatic heterocycles. The van der Waals surface area contributed by atoms with Crippen molar-refractivity contribution >= 4 is 11.6 Å². The van der Waals surface area contributed by atoms with E-state index in [9.17, 15) is 9.90 Å². The molecular weight excluding hydrogens is 244 g/mol. The number of nitrogens with one attached hydrogen (secondary N) is 1. The maximum absolute atomic E-state index is 11.9. The number of amides is 1. The molecule has 1 heterocycles. The number of aromatic hydroxyl groups is 1. The van der Waals surface area contributed by atoms with Gasteiger partial charge in [-0.15, -0.1) is 0 Å². The summed E-state index contributed by atoms with van der Waals surface area (Å²) in [7, 11) is 1.61. The third kappa shape index (κ3) is 3.53. The molecule has 1 amide bonds. The zero-order valence-electron chi connectivity index (χ0n) is 10.5. The number of ether oxygens (including phenoxy) is 1. The van der Waals surface area contributed by atoms with Crippen LogP contribution in [0.1, 0.15) is 15.9 Å². The normalized spacial score (nSPS) is 10.2. The van der Waals surface area contributed by atoms with Gasteiger partial charge in [-0.05, 0) is 23.8 Å². The Morgan fingerprint density at radius 2 is 2.21 bits per heavy atom. The molecule has 19 heavy (non-hydrogen) atoms. The fraction of sp³-hybridized carbons (Fsp3) is 0.143. The first kappa shape index (κ1) is 13.0. The van der Waals surface area contributed by atoms with Crippen molar-refractivity contribution in [2.24, 2.45) is 0 Å². The number of carbonyl (C=O) groups is 1. The van der Waals surface area contributed by atoms with Gasteiger partial charge in [0.1, 0.15) is 5.75 Å². The summed E-state index contributed by atoms with van der Waals surface area (Å²) in [4.78, 5) is 15.7. The minimum absolute atomic E-state index is 0.0409. The molecule has 0 saturated heterocycles. The van der Waals surface area contributed by atoms with Crippen molar-refractivity contribution in [3.05, 3.63) is 53.9 Å². The zero-order chi connectivity index (χ0) is 13.7. The summed E-state index contributed by atoms with van der Waals surface area (Å²) in [5.41, 5.74) is 1.94. The number of carbonyl (C=O) groups excluding carboxylic acids is 1. The molecule has 0 aliphatic carbocycles. The molecule has 1 aromatic carbocycles. The highest BCUT2D eigenvalue weighted by Gasteiger charge is 2.07. The van der Waals surface area contributed by atoms with Crippen LogP contribution >= 0.6 is 0 Å². The van der Waals surface area contributed by atoms with Gasteiger partial charge >= 0.3 is 0 Å². The topological polar surface area (TPSA) is 71.5 Å². The maximum atomic E-state index is 11.9. The minimum Gasteiger partial charge on any atom is -0.506 e. The highest BCUT2D eigenvalue weighted by atomic mass is 16.5. The third-order valence-corrected chi connectivity index (χ3v) is 2.48. The van der Waals surface area contributed by atoms with Crippen LogP contribution in [0.25, 0.3) is 0 Å². The largest absolute Gasteiger partial charge is 0.506 e. The fourth-order valence-electron chi connectivity index (χ4n) is 1.66. The summed E-state index contributed by atoms with van der Waals surface area (Å²) < 4.78 is 5.03. The van der Waals surface area contributed by atoms with Gasteiger partial charge in [-0.3, -0.25) is 9.78 Å². The van der Waals surface area contributed by atoms with Crippen LogP contribution < -0.4 is 5.32 Å². The second kappa shape index (κ2) is 5.97. The Hall–Kier alpha value is -2.40. The van der Waals surface area contributed by atoms with Gasteiger partial charge in [-0.2, -0.15) is 0 Å². The van der Waals surface area contributed by atoms with Gasteiger partial charge in [-0.1, -0.05) is 12.1 Å². The van der Waals surface area contributed by atoms with Crippen molar-refractivity contribution in [1.82, 2.24) is 4.98 Å². The molecule has 0 atom stereocenters. The van der Waals surface area contributed by atoms with Crippen molar-refractivity contribution in [3.8, 4) is 5.75 Å². The first-order valence-corrected chi connectivity index (χ1v) is 5.72.